The Balaban J connectivity index is 1.90. The number of hydrogen-bond donors (Lipinski definition) is 1. The summed E-state index contributed by atoms with van der Waals surface area (Å²) in [6, 6.07) is 6.44. The number of unbranched alkanes of at least 4 members (excludes halogenated alkanes) is 1. The minimum atomic E-state index is -0.357. The molecule has 2 N–H and O–H groups in total. The van der Waals surface area contributed by atoms with Crippen molar-refractivity contribution in [1.29, 1.82) is 0 Å². The quantitative estimate of drug-likeness (QED) is 0.852. The number of fused-ring (bicyclic) bond motifs is 1. The minimum absolute atomic E-state index is 0.357. The van der Waals surface area contributed by atoms with Crippen LogP contribution in [0.5, 0.6) is 11.5 Å². The van der Waals surface area contributed by atoms with Crippen molar-refractivity contribution in [1.82, 2.24) is 4.57 Å². The number of aromatic nitrogens is 1. The molecule has 5 nitrogen and oxygen atoms in total. The zero-order valence-corrected chi connectivity index (χ0v) is 15.5. The first-order valence-electron chi connectivity index (χ1n) is 9.55. The maximum atomic E-state index is 12.3. The van der Waals surface area contributed by atoms with Gasteiger partial charge in [0.05, 0.1) is 5.56 Å². The molecule has 0 unspecified atom stereocenters. The molecule has 138 valence electrons. The summed E-state index contributed by atoms with van der Waals surface area (Å²) < 4.78 is 13.8. The summed E-state index contributed by atoms with van der Waals surface area (Å²) in [5.74, 6) is 1.14. The normalized spacial score (nSPS) is 15.9. The fourth-order valence-corrected chi connectivity index (χ4v) is 4.00. The molecule has 0 saturated heterocycles. The Hall–Kier alpha value is -2.43. The summed E-state index contributed by atoms with van der Waals surface area (Å²) in [5.41, 5.74) is 10.7. The molecule has 2 aliphatic rings. The van der Waals surface area contributed by atoms with Gasteiger partial charge in [-0.3, -0.25) is 4.79 Å². The summed E-state index contributed by atoms with van der Waals surface area (Å²) in [4.78, 5) is 12.3. The molecule has 1 aliphatic heterocycles. The Morgan fingerprint density at radius 3 is 2.62 bits per heavy atom. The van der Waals surface area contributed by atoms with Gasteiger partial charge in [-0.15, -0.1) is 0 Å². The number of hydrogen-bond acceptors (Lipinski definition) is 3. The molecule has 1 saturated carbocycles. The van der Waals surface area contributed by atoms with Crippen molar-refractivity contribution in [2.75, 3.05) is 13.2 Å². The van der Waals surface area contributed by atoms with E-state index < -0.39 is 0 Å². The number of primary amides is 1. The third-order valence-corrected chi connectivity index (χ3v) is 5.31. The smallest absolute Gasteiger partial charge is 0.251 e. The SMILES string of the molecule is CCCCc1c(-c2ccc3c(c2)OCCO3)c(C(N)=O)c(C)n1C1CC1. The van der Waals surface area contributed by atoms with Gasteiger partial charge >= 0.3 is 0 Å². The Bertz CT molecular complexity index is 849. The van der Waals surface area contributed by atoms with Gasteiger partial charge in [0.15, 0.2) is 11.5 Å². The van der Waals surface area contributed by atoms with Crippen LogP contribution >= 0.6 is 0 Å². The minimum Gasteiger partial charge on any atom is -0.486 e. The van der Waals surface area contributed by atoms with Gasteiger partial charge in [0.25, 0.3) is 5.91 Å². The van der Waals surface area contributed by atoms with Crippen LogP contribution in [0.1, 0.15) is 60.4 Å². The highest BCUT2D eigenvalue weighted by Crippen LogP contribution is 2.45. The van der Waals surface area contributed by atoms with Crippen LogP contribution in [0.25, 0.3) is 11.1 Å². The van der Waals surface area contributed by atoms with Crippen LogP contribution in [0.15, 0.2) is 18.2 Å². The Morgan fingerprint density at radius 1 is 1.23 bits per heavy atom. The molecule has 2 aromatic rings. The standard InChI is InChI=1S/C21H26N2O3/c1-3-4-5-16-20(14-6-9-17-18(12-14)26-11-10-25-17)19(21(22)24)13(2)23(16)15-7-8-15/h6,9,12,15H,3-5,7-8,10-11H2,1-2H3,(H2,22,24). The first-order valence-corrected chi connectivity index (χ1v) is 9.55. The molecular weight excluding hydrogens is 328 g/mol. The zero-order valence-electron chi connectivity index (χ0n) is 15.5. The lowest BCUT2D eigenvalue weighted by atomic mass is 9.97. The second-order valence-corrected chi connectivity index (χ2v) is 7.21. The van der Waals surface area contributed by atoms with E-state index in [0.717, 1.165) is 47.6 Å². The molecule has 0 atom stereocenters. The Morgan fingerprint density at radius 2 is 1.96 bits per heavy atom. The fourth-order valence-electron chi connectivity index (χ4n) is 4.00. The molecule has 0 spiro atoms. The van der Waals surface area contributed by atoms with Gasteiger partial charge in [-0.1, -0.05) is 19.4 Å². The molecule has 4 rings (SSSR count). The number of benzene rings is 1. The highest BCUT2D eigenvalue weighted by atomic mass is 16.6. The summed E-state index contributed by atoms with van der Waals surface area (Å²) in [6.45, 7) is 5.33. The van der Waals surface area contributed by atoms with Crippen LogP contribution < -0.4 is 15.2 Å². The molecule has 0 bridgehead atoms. The molecule has 26 heavy (non-hydrogen) atoms. The third kappa shape index (κ3) is 2.85. The predicted octanol–water partition coefficient (Wildman–Crippen LogP) is 4.01. The molecule has 0 radical (unpaired) electrons. The molecule has 1 aromatic carbocycles. The second kappa shape index (κ2) is 6.71. The lowest BCUT2D eigenvalue weighted by Crippen LogP contribution is -2.15. The molecule has 1 fully saturated rings. The monoisotopic (exact) mass is 354 g/mol. The van der Waals surface area contributed by atoms with Crippen molar-refractivity contribution in [3.63, 3.8) is 0 Å². The van der Waals surface area contributed by atoms with Crippen LogP contribution in [-0.2, 0) is 6.42 Å². The van der Waals surface area contributed by atoms with Crippen molar-refractivity contribution in [3.05, 3.63) is 35.2 Å². The molecular formula is C21H26N2O3. The number of nitrogens with zero attached hydrogens (tertiary/aromatic N) is 1. The van der Waals surface area contributed by atoms with Crippen molar-refractivity contribution in [3.8, 4) is 22.6 Å². The van der Waals surface area contributed by atoms with Crippen LogP contribution in [0.2, 0.25) is 0 Å². The van der Waals surface area contributed by atoms with Gasteiger partial charge in [-0.05, 0) is 50.3 Å². The number of nitrogens with two attached hydrogens (primary N) is 1. The van der Waals surface area contributed by atoms with Crippen LogP contribution in [0.4, 0.5) is 0 Å². The number of rotatable bonds is 6. The largest absolute Gasteiger partial charge is 0.486 e. The van der Waals surface area contributed by atoms with Gasteiger partial charge < -0.3 is 19.8 Å². The molecule has 2 heterocycles. The number of amides is 1. The number of carbonyl (C=O) groups excluding carboxylic acids is 1. The molecule has 5 heteroatoms. The van der Waals surface area contributed by atoms with Crippen molar-refractivity contribution in [2.24, 2.45) is 5.73 Å². The third-order valence-electron chi connectivity index (χ3n) is 5.31. The van der Waals surface area contributed by atoms with E-state index in [0.29, 0.717) is 24.8 Å². The summed E-state index contributed by atoms with van der Waals surface area (Å²) >= 11 is 0. The molecule has 1 amide bonds. The Kier molecular flexibility index (Phi) is 4.39. The van der Waals surface area contributed by atoms with Gasteiger partial charge in [-0.25, -0.2) is 0 Å². The predicted molar refractivity (Wildman–Crippen MR) is 101 cm³/mol. The highest BCUT2D eigenvalue weighted by Gasteiger charge is 2.33. The number of carbonyl (C=O) groups is 1. The summed E-state index contributed by atoms with van der Waals surface area (Å²) in [6.07, 6.45) is 5.50. The average molecular weight is 354 g/mol. The Labute approximate surface area is 154 Å². The number of ether oxygens (including phenoxy) is 2. The molecule has 1 aromatic heterocycles. The maximum absolute atomic E-state index is 12.3. The average Bonchev–Trinajstić information content (AvgIpc) is 3.42. The van der Waals surface area contributed by atoms with Gasteiger partial charge in [0, 0.05) is 23.0 Å². The van der Waals surface area contributed by atoms with Crippen molar-refractivity contribution in [2.45, 2.75) is 52.0 Å². The first-order chi connectivity index (χ1) is 12.6. The van der Waals surface area contributed by atoms with E-state index in [1.165, 1.54) is 18.5 Å². The van der Waals surface area contributed by atoms with Crippen LogP contribution in [0, 0.1) is 6.92 Å². The van der Waals surface area contributed by atoms with E-state index in [9.17, 15) is 4.79 Å². The van der Waals surface area contributed by atoms with Gasteiger partial charge in [-0.2, -0.15) is 0 Å². The van der Waals surface area contributed by atoms with Crippen molar-refractivity contribution >= 4 is 5.91 Å². The van der Waals surface area contributed by atoms with Crippen LogP contribution in [-0.4, -0.2) is 23.7 Å². The summed E-state index contributed by atoms with van der Waals surface area (Å²) in [5, 5.41) is 0. The van der Waals surface area contributed by atoms with Gasteiger partial charge in [0.2, 0.25) is 0 Å². The van der Waals surface area contributed by atoms with E-state index in [-0.39, 0.29) is 5.91 Å². The first kappa shape index (κ1) is 17.0. The topological polar surface area (TPSA) is 66.5 Å². The molecule has 1 aliphatic carbocycles. The van der Waals surface area contributed by atoms with Gasteiger partial charge in [0.1, 0.15) is 13.2 Å². The fraction of sp³-hybridized carbons (Fsp3) is 0.476. The van der Waals surface area contributed by atoms with E-state index in [1.54, 1.807) is 0 Å². The van der Waals surface area contributed by atoms with E-state index >= 15 is 0 Å². The van der Waals surface area contributed by atoms with E-state index in [1.807, 2.05) is 25.1 Å². The second-order valence-electron chi connectivity index (χ2n) is 7.21. The summed E-state index contributed by atoms with van der Waals surface area (Å²) in [7, 11) is 0. The van der Waals surface area contributed by atoms with Crippen LogP contribution in [0.3, 0.4) is 0 Å². The van der Waals surface area contributed by atoms with Crippen molar-refractivity contribution < 1.29 is 14.3 Å². The maximum Gasteiger partial charge on any atom is 0.251 e. The zero-order chi connectivity index (χ0) is 18.3. The lowest BCUT2D eigenvalue weighted by molar-refractivity contribution is 0.1000. The highest BCUT2D eigenvalue weighted by molar-refractivity contribution is 6.02. The van der Waals surface area contributed by atoms with E-state index in [2.05, 4.69) is 11.5 Å². The lowest BCUT2D eigenvalue weighted by Gasteiger charge is -2.19. The van der Waals surface area contributed by atoms with E-state index in [4.69, 9.17) is 15.2 Å².